The van der Waals surface area contributed by atoms with Gasteiger partial charge in [0.05, 0.1) is 16.7 Å². The van der Waals surface area contributed by atoms with Gasteiger partial charge < -0.3 is 19.8 Å². The normalized spacial score (nSPS) is 18.8. The summed E-state index contributed by atoms with van der Waals surface area (Å²) in [6, 6.07) is 16.5. The van der Waals surface area contributed by atoms with Crippen molar-refractivity contribution in [2.75, 3.05) is 13.1 Å². The molecular formula is C25H30ClN5O. The summed E-state index contributed by atoms with van der Waals surface area (Å²) < 4.78 is 4.40. The summed E-state index contributed by atoms with van der Waals surface area (Å²) in [6.07, 6.45) is 0.970. The molecule has 2 aromatic heterocycles. The van der Waals surface area contributed by atoms with Crippen molar-refractivity contribution in [3.05, 3.63) is 54.1 Å². The fraction of sp³-hybridized carbons (Fsp3) is 0.360. The van der Waals surface area contributed by atoms with Crippen molar-refractivity contribution < 1.29 is 4.79 Å². The van der Waals surface area contributed by atoms with Crippen LogP contribution in [0.1, 0.15) is 30.6 Å². The summed E-state index contributed by atoms with van der Waals surface area (Å²) in [4.78, 5) is 20.0. The summed E-state index contributed by atoms with van der Waals surface area (Å²) in [5.74, 6) is 1.37. The molecule has 0 saturated carbocycles. The summed E-state index contributed by atoms with van der Waals surface area (Å²) in [5, 5.41) is 1.21. The molecule has 1 aliphatic heterocycles. The Morgan fingerprint density at radius 1 is 1.12 bits per heavy atom. The van der Waals surface area contributed by atoms with Crippen LogP contribution >= 0.6 is 12.4 Å². The molecule has 2 aromatic carbocycles. The molecule has 0 spiro atoms. The maximum Gasteiger partial charge on any atom is 0.253 e. The minimum absolute atomic E-state index is 0. The number of carbonyl (C=O) groups is 1. The van der Waals surface area contributed by atoms with Crippen LogP contribution in [-0.4, -0.2) is 44.1 Å². The number of aryl methyl sites for hydroxylation is 2. The van der Waals surface area contributed by atoms with Gasteiger partial charge in [0.1, 0.15) is 0 Å². The highest BCUT2D eigenvalue weighted by molar-refractivity contribution is 5.98. The number of benzene rings is 2. The molecule has 3 heterocycles. The lowest BCUT2D eigenvalue weighted by molar-refractivity contribution is 0.0661. The van der Waals surface area contributed by atoms with Crippen LogP contribution in [0.15, 0.2) is 48.5 Å². The van der Waals surface area contributed by atoms with E-state index in [2.05, 4.69) is 53.3 Å². The summed E-state index contributed by atoms with van der Waals surface area (Å²) in [5.41, 5.74) is 11.0. The van der Waals surface area contributed by atoms with Gasteiger partial charge in [-0.25, -0.2) is 4.98 Å². The van der Waals surface area contributed by atoms with Gasteiger partial charge in [-0.3, -0.25) is 4.79 Å². The van der Waals surface area contributed by atoms with Crippen LogP contribution in [0.3, 0.4) is 0 Å². The Bertz CT molecular complexity index is 1280. The number of para-hydroxylation sites is 1. The van der Waals surface area contributed by atoms with Crippen LogP contribution in [0, 0.1) is 5.92 Å². The summed E-state index contributed by atoms with van der Waals surface area (Å²) in [6.45, 7) is 6.54. The monoisotopic (exact) mass is 451 g/mol. The largest absolute Gasteiger partial charge is 0.338 e. The zero-order valence-electron chi connectivity index (χ0n) is 18.8. The van der Waals surface area contributed by atoms with E-state index in [0.29, 0.717) is 18.0 Å². The number of nitrogens with zero attached hydrogens (tertiary/aromatic N) is 4. The molecule has 32 heavy (non-hydrogen) atoms. The van der Waals surface area contributed by atoms with Crippen LogP contribution in [0.2, 0.25) is 0 Å². The molecular weight excluding hydrogens is 422 g/mol. The molecule has 6 nitrogen and oxygen atoms in total. The van der Waals surface area contributed by atoms with Crippen LogP contribution in [0.4, 0.5) is 0 Å². The Balaban J connectivity index is 0.00000245. The molecule has 1 aliphatic rings. The van der Waals surface area contributed by atoms with E-state index in [0.717, 1.165) is 42.1 Å². The van der Waals surface area contributed by atoms with Crippen molar-refractivity contribution in [2.24, 2.45) is 18.7 Å². The Labute approximate surface area is 194 Å². The van der Waals surface area contributed by atoms with Gasteiger partial charge >= 0.3 is 0 Å². The first-order valence-electron chi connectivity index (χ1n) is 11.1. The quantitative estimate of drug-likeness (QED) is 0.500. The maximum atomic E-state index is 13.1. The summed E-state index contributed by atoms with van der Waals surface area (Å²) in [7, 11) is 2.04. The minimum atomic E-state index is 0. The van der Waals surface area contributed by atoms with E-state index in [1.165, 1.54) is 10.9 Å². The zero-order valence-corrected chi connectivity index (χ0v) is 19.6. The third-order valence-electron chi connectivity index (χ3n) is 6.46. The lowest BCUT2D eigenvalue weighted by atomic mass is 9.96. The first kappa shape index (κ1) is 22.4. The van der Waals surface area contributed by atoms with Gasteiger partial charge in [0.25, 0.3) is 5.91 Å². The smallest absolute Gasteiger partial charge is 0.253 e. The van der Waals surface area contributed by atoms with Gasteiger partial charge in [0, 0.05) is 49.2 Å². The van der Waals surface area contributed by atoms with Crippen molar-refractivity contribution in [1.29, 1.82) is 0 Å². The van der Waals surface area contributed by atoms with E-state index in [4.69, 9.17) is 10.7 Å². The van der Waals surface area contributed by atoms with Crippen molar-refractivity contribution >= 4 is 40.3 Å². The maximum absolute atomic E-state index is 13.1. The van der Waals surface area contributed by atoms with E-state index >= 15 is 0 Å². The third-order valence-corrected chi connectivity index (χ3v) is 6.46. The number of carbonyl (C=O) groups excluding carboxylic acids is 1. The molecule has 1 fully saturated rings. The number of likely N-dealkylation sites (tertiary alicyclic amines) is 1. The molecule has 5 rings (SSSR count). The average molecular weight is 452 g/mol. The fourth-order valence-electron chi connectivity index (χ4n) is 5.05. The number of aromatic nitrogens is 3. The third kappa shape index (κ3) is 3.67. The Morgan fingerprint density at radius 3 is 2.66 bits per heavy atom. The number of halogens is 1. The van der Waals surface area contributed by atoms with Crippen molar-refractivity contribution in [3.63, 3.8) is 0 Å². The van der Waals surface area contributed by atoms with Gasteiger partial charge in [-0.15, -0.1) is 12.4 Å². The highest BCUT2D eigenvalue weighted by Gasteiger charge is 2.27. The predicted molar refractivity (Wildman–Crippen MR) is 132 cm³/mol. The predicted octanol–water partition coefficient (Wildman–Crippen LogP) is 4.45. The molecule has 0 bridgehead atoms. The van der Waals surface area contributed by atoms with E-state index in [1.54, 1.807) is 0 Å². The van der Waals surface area contributed by atoms with Gasteiger partial charge in [0.15, 0.2) is 5.82 Å². The van der Waals surface area contributed by atoms with Crippen LogP contribution in [0.25, 0.3) is 33.5 Å². The molecule has 0 aliphatic carbocycles. The molecule has 4 aromatic rings. The highest BCUT2D eigenvalue weighted by Crippen LogP contribution is 2.30. The topological polar surface area (TPSA) is 69.1 Å². The van der Waals surface area contributed by atoms with Gasteiger partial charge in [0.2, 0.25) is 0 Å². The first-order chi connectivity index (χ1) is 15.0. The number of nitrogens with two attached hydrogens (primary N) is 1. The standard InChI is InChI=1S/C25H29N5O.ClH/c1-4-30-21-8-6-5-7-17(21)13-23(30)24-27-20-12-18(9-10-22(20)28(24)3)25(31)29-14-16(2)11-19(26)15-29;/h5-10,12-13,16,19H,4,11,14-15,26H2,1-3H3;1H/t16-,19+;/m0./s1. The number of amides is 1. The molecule has 2 atom stereocenters. The van der Waals surface area contributed by atoms with Crippen LogP contribution in [0.5, 0.6) is 0 Å². The number of rotatable bonds is 3. The average Bonchev–Trinajstić information content (AvgIpc) is 3.29. The van der Waals surface area contributed by atoms with E-state index in [9.17, 15) is 4.79 Å². The second-order valence-electron chi connectivity index (χ2n) is 8.84. The SMILES string of the molecule is CCn1c(-c2nc3cc(C(=O)N4C[C@@H](C)C[C@@H](N)C4)ccc3n2C)cc2ccccc21.Cl. The number of imidazole rings is 1. The van der Waals surface area contributed by atoms with E-state index < -0.39 is 0 Å². The lowest BCUT2D eigenvalue weighted by Gasteiger charge is -2.34. The minimum Gasteiger partial charge on any atom is -0.338 e. The van der Waals surface area contributed by atoms with Crippen LogP contribution in [-0.2, 0) is 13.6 Å². The molecule has 2 N–H and O–H groups in total. The molecule has 0 unspecified atom stereocenters. The van der Waals surface area contributed by atoms with E-state index in [1.807, 2.05) is 30.1 Å². The van der Waals surface area contributed by atoms with E-state index in [-0.39, 0.29) is 24.4 Å². The number of piperidine rings is 1. The number of fused-ring (bicyclic) bond motifs is 2. The van der Waals surface area contributed by atoms with Crippen LogP contribution < -0.4 is 5.73 Å². The fourth-order valence-corrected chi connectivity index (χ4v) is 5.05. The molecule has 168 valence electrons. The molecule has 1 amide bonds. The Hall–Kier alpha value is -2.83. The number of hydrogen-bond donors (Lipinski definition) is 1. The first-order valence-corrected chi connectivity index (χ1v) is 11.1. The Kier molecular flexibility index (Phi) is 6.01. The molecule has 1 saturated heterocycles. The van der Waals surface area contributed by atoms with Crippen molar-refractivity contribution in [2.45, 2.75) is 32.9 Å². The second kappa shape index (κ2) is 8.60. The Morgan fingerprint density at radius 2 is 1.91 bits per heavy atom. The zero-order chi connectivity index (χ0) is 21.7. The van der Waals surface area contributed by atoms with Crippen molar-refractivity contribution in [3.8, 4) is 11.5 Å². The van der Waals surface area contributed by atoms with Gasteiger partial charge in [-0.2, -0.15) is 0 Å². The highest BCUT2D eigenvalue weighted by atomic mass is 35.5. The second-order valence-corrected chi connectivity index (χ2v) is 8.84. The summed E-state index contributed by atoms with van der Waals surface area (Å²) >= 11 is 0. The van der Waals surface area contributed by atoms with Crippen molar-refractivity contribution in [1.82, 2.24) is 19.0 Å². The molecule has 0 radical (unpaired) electrons. The van der Waals surface area contributed by atoms with Gasteiger partial charge in [-0.05, 0) is 49.6 Å². The van der Waals surface area contributed by atoms with Gasteiger partial charge in [-0.1, -0.05) is 25.1 Å². The molecule has 7 heteroatoms. The number of hydrogen-bond acceptors (Lipinski definition) is 3. The lowest BCUT2D eigenvalue weighted by Crippen LogP contribution is -2.48.